The Hall–Kier alpha value is -1.02. The molecule has 1 aromatic carbocycles. The molecule has 1 aliphatic rings. The molecule has 1 unspecified atom stereocenters. The Kier molecular flexibility index (Phi) is 3.83. The molecule has 1 atom stereocenters. The largest absolute Gasteiger partial charge is 0.492 e. The van der Waals surface area contributed by atoms with Crippen molar-refractivity contribution in [2.45, 2.75) is 39.2 Å². The third kappa shape index (κ3) is 2.99. The van der Waals surface area contributed by atoms with E-state index in [0.29, 0.717) is 6.04 Å². The number of benzene rings is 1. The average Bonchev–Trinajstić information content (AvgIpc) is 2.32. The van der Waals surface area contributed by atoms with Gasteiger partial charge in [0.25, 0.3) is 0 Å². The molecule has 2 heteroatoms. The van der Waals surface area contributed by atoms with Crippen LogP contribution in [0.4, 0.5) is 0 Å². The van der Waals surface area contributed by atoms with Gasteiger partial charge in [-0.3, -0.25) is 0 Å². The summed E-state index contributed by atoms with van der Waals surface area (Å²) in [6.07, 6.45) is 3.87. The summed E-state index contributed by atoms with van der Waals surface area (Å²) >= 11 is 0. The Morgan fingerprint density at radius 3 is 2.94 bits per heavy atom. The van der Waals surface area contributed by atoms with Crippen molar-refractivity contribution in [3.63, 3.8) is 0 Å². The summed E-state index contributed by atoms with van der Waals surface area (Å²) in [6.45, 7) is 6.14. The van der Waals surface area contributed by atoms with Crippen LogP contribution in [0.1, 0.15) is 30.4 Å². The fourth-order valence-electron chi connectivity index (χ4n) is 2.12. The van der Waals surface area contributed by atoms with E-state index in [2.05, 4.69) is 37.4 Å². The monoisotopic (exact) mass is 219 g/mol. The Balaban J connectivity index is 1.90. The fourth-order valence-corrected chi connectivity index (χ4v) is 2.12. The summed E-state index contributed by atoms with van der Waals surface area (Å²) in [5, 5.41) is 3.50. The number of rotatable bonds is 3. The summed E-state index contributed by atoms with van der Waals surface area (Å²) in [4.78, 5) is 0. The Morgan fingerprint density at radius 1 is 1.31 bits per heavy atom. The first-order chi connectivity index (χ1) is 7.75. The van der Waals surface area contributed by atoms with Crippen LogP contribution in [0.5, 0.6) is 5.75 Å². The van der Waals surface area contributed by atoms with Gasteiger partial charge in [0, 0.05) is 6.04 Å². The number of piperidine rings is 1. The lowest BCUT2D eigenvalue weighted by atomic mass is 10.1. The molecule has 88 valence electrons. The van der Waals surface area contributed by atoms with Crippen LogP contribution in [0, 0.1) is 13.8 Å². The number of hydrogen-bond donors (Lipinski definition) is 1. The molecular formula is C14H21NO. The van der Waals surface area contributed by atoms with E-state index >= 15 is 0 Å². The van der Waals surface area contributed by atoms with Crippen LogP contribution >= 0.6 is 0 Å². The van der Waals surface area contributed by atoms with E-state index in [1.807, 2.05) is 0 Å². The van der Waals surface area contributed by atoms with Crippen molar-refractivity contribution in [2.24, 2.45) is 0 Å². The van der Waals surface area contributed by atoms with Crippen molar-refractivity contribution in [2.75, 3.05) is 13.2 Å². The van der Waals surface area contributed by atoms with Gasteiger partial charge in [-0.25, -0.2) is 0 Å². The average molecular weight is 219 g/mol. The lowest BCUT2D eigenvalue weighted by Gasteiger charge is -2.24. The van der Waals surface area contributed by atoms with E-state index in [0.717, 1.165) is 18.9 Å². The van der Waals surface area contributed by atoms with Gasteiger partial charge < -0.3 is 10.1 Å². The van der Waals surface area contributed by atoms with Crippen molar-refractivity contribution >= 4 is 0 Å². The van der Waals surface area contributed by atoms with Gasteiger partial charge in [0.1, 0.15) is 12.4 Å². The first-order valence-corrected chi connectivity index (χ1v) is 6.19. The zero-order chi connectivity index (χ0) is 11.4. The molecule has 0 bridgehead atoms. The van der Waals surface area contributed by atoms with Crippen molar-refractivity contribution in [3.8, 4) is 5.75 Å². The van der Waals surface area contributed by atoms with Gasteiger partial charge in [-0.1, -0.05) is 18.6 Å². The van der Waals surface area contributed by atoms with Crippen molar-refractivity contribution < 1.29 is 4.74 Å². The van der Waals surface area contributed by atoms with E-state index in [9.17, 15) is 0 Å². The lowest BCUT2D eigenvalue weighted by molar-refractivity contribution is 0.238. The van der Waals surface area contributed by atoms with Gasteiger partial charge in [-0.15, -0.1) is 0 Å². The van der Waals surface area contributed by atoms with Crippen molar-refractivity contribution in [1.82, 2.24) is 5.32 Å². The van der Waals surface area contributed by atoms with E-state index in [4.69, 9.17) is 4.74 Å². The summed E-state index contributed by atoms with van der Waals surface area (Å²) in [7, 11) is 0. The van der Waals surface area contributed by atoms with Crippen LogP contribution in [0.2, 0.25) is 0 Å². The molecule has 0 saturated carbocycles. The Bertz CT molecular complexity index is 343. The minimum atomic E-state index is 0.536. The van der Waals surface area contributed by atoms with E-state index in [1.54, 1.807) is 0 Å². The molecule has 1 heterocycles. The lowest BCUT2D eigenvalue weighted by Crippen LogP contribution is -2.38. The predicted molar refractivity (Wildman–Crippen MR) is 67.1 cm³/mol. The van der Waals surface area contributed by atoms with Crippen LogP contribution in [0.15, 0.2) is 18.2 Å². The molecule has 16 heavy (non-hydrogen) atoms. The smallest absolute Gasteiger partial charge is 0.122 e. The van der Waals surface area contributed by atoms with Crippen LogP contribution < -0.4 is 10.1 Å². The Morgan fingerprint density at radius 2 is 2.19 bits per heavy atom. The molecule has 1 aliphatic heterocycles. The van der Waals surface area contributed by atoms with Crippen LogP contribution in [0.25, 0.3) is 0 Å². The highest BCUT2D eigenvalue weighted by molar-refractivity contribution is 5.35. The third-order valence-electron chi connectivity index (χ3n) is 3.20. The first kappa shape index (κ1) is 11.5. The zero-order valence-electron chi connectivity index (χ0n) is 10.3. The van der Waals surface area contributed by atoms with Crippen molar-refractivity contribution in [1.29, 1.82) is 0 Å². The molecule has 2 rings (SSSR count). The maximum absolute atomic E-state index is 5.89. The molecule has 1 N–H and O–H groups in total. The summed E-state index contributed by atoms with van der Waals surface area (Å²) in [5.74, 6) is 1.03. The van der Waals surface area contributed by atoms with Gasteiger partial charge in [0.2, 0.25) is 0 Å². The molecule has 0 amide bonds. The fraction of sp³-hybridized carbons (Fsp3) is 0.571. The number of ether oxygens (including phenoxy) is 1. The Labute approximate surface area is 98.0 Å². The van der Waals surface area contributed by atoms with Crippen molar-refractivity contribution in [3.05, 3.63) is 29.3 Å². The third-order valence-corrected chi connectivity index (χ3v) is 3.20. The summed E-state index contributed by atoms with van der Waals surface area (Å²) in [5.41, 5.74) is 2.48. The molecule has 1 fully saturated rings. The number of hydrogen-bond acceptors (Lipinski definition) is 2. The number of nitrogens with one attached hydrogen (secondary N) is 1. The quantitative estimate of drug-likeness (QED) is 0.844. The van der Waals surface area contributed by atoms with Gasteiger partial charge >= 0.3 is 0 Å². The second-order valence-corrected chi connectivity index (χ2v) is 4.73. The molecule has 0 radical (unpaired) electrons. The van der Waals surface area contributed by atoms with E-state index in [1.165, 1.54) is 30.4 Å². The molecule has 2 nitrogen and oxygen atoms in total. The van der Waals surface area contributed by atoms with E-state index in [-0.39, 0.29) is 0 Å². The predicted octanol–water partition coefficient (Wildman–Crippen LogP) is 2.82. The minimum absolute atomic E-state index is 0.536. The molecule has 1 saturated heterocycles. The van der Waals surface area contributed by atoms with E-state index < -0.39 is 0 Å². The van der Waals surface area contributed by atoms with Gasteiger partial charge in [0.05, 0.1) is 0 Å². The summed E-state index contributed by atoms with van der Waals surface area (Å²) in [6, 6.07) is 6.91. The summed E-state index contributed by atoms with van der Waals surface area (Å²) < 4.78 is 5.89. The second kappa shape index (κ2) is 5.35. The van der Waals surface area contributed by atoms with Gasteiger partial charge in [-0.2, -0.15) is 0 Å². The minimum Gasteiger partial charge on any atom is -0.492 e. The van der Waals surface area contributed by atoms with Gasteiger partial charge in [-0.05, 0) is 50.4 Å². The SMILES string of the molecule is Cc1ccc(C)c(OCC2CCCCN2)c1. The second-order valence-electron chi connectivity index (χ2n) is 4.73. The number of aryl methyl sites for hydroxylation is 2. The molecular weight excluding hydrogens is 198 g/mol. The molecule has 0 aromatic heterocycles. The molecule has 0 spiro atoms. The zero-order valence-corrected chi connectivity index (χ0v) is 10.3. The molecule has 0 aliphatic carbocycles. The highest BCUT2D eigenvalue weighted by atomic mass is 16.5. The normalized spacial score (nSPS) is 20.8. The molecule has 1 aromatic rings. The maximum Gasteiger partial charge on any atom is 0.122 e. The topological polar surface area (TPSA) is 21.3 Å². The van der Waals surface area contributed by atoms with Crippen LogP contribution in [0.3, 0.4) is 0 Å². The highest BCUT2D eigenvalue weighted by Crippen LogP contribution is 2.20. The van der Waals surface area contributed by atoms with Gasteiger partial charge in [0.15, 0.2) is 0 Å². The standard InChI is InChI=1S/C14H21NO/c1-11-6-7-12(2)14(9-11)16-10-13-5-3-4-8-15-13/h6-7,9,13,15H,3-5,8,10H2,1-2H3. The van der Waals surface area contributed by atoms with Crippen LogP contribution in [-0.2, 0) is 0 Å². The first-order valence-electron chi connectivity index (χ1n) is 6.19. The maximum atomic E-state index is 5.89. The van der Waals surface area contributed by atoms with Crippen LogP contribution in [-0.4, -0.2) is 19.2 Å². The highest BCUT2D eigenvalue weighted by Gasteiger charge is 2.13.